The van der Waals surface area contributed by atoms with Crippen LogP contribution in [-0.2, 0) is 0 Å². The number of aliphatic hydroxyl groups excluding tert-OH is 1. The molecule has 2 fully saturated rings. The number of likely N-dealkylation sites (tertiary alicyclic amines) is 1. The molecule has 12 heavy (non-hydrogen) atoms. The molecule has 0 bridgehead atoms. The third-order valence-electron chi connectivity index (χ3n) is 3.18. The highest BCUT2D eigenvalue weighted by Crippen LogP contribution is 2.22. The molecule has 0 aromatic carbocycles. The Morgan fingerprint density at radius 1 is 1.42 bits per heavy atom. The molecule has 2 saturated heterocycles. The fourth-order valence-electron chi connectivity index (χ4n) is 2.44. The van der Waals surface area contributed by atoms with Crippen molar-refractivity contribution in [1.82, 2.24) is 10.2 Å². The second kappa shape index (κ2) is 3.32. The van der Waals surface area contributed by atoms with Crippen LogP contribution in [0.3, 0.4) is 0 Å². The number of aliphatic hydroxyl groups is 1. The molecule has 3 heteroatoms. The van der Waals surface area contributed by atoms with Crippen LogP contribution in [0.2, 0.25) is 0 Å². The lowest BCUT2D eigenvalue weighted by molar-refractivity contribution is 0.0793. The molecular formula is C9H18N2O. The van der Waals surface area contributed by atoms with E-state index in [2.05, 4.69) is 17.1 Å². The van der Waals surface area contributed by atoms with Crippen LogP contribution in [0.25, 0.3) is 0 Å². The number of nitrogens with zero attached hydrogens (tertiary/aromatic N) is 1. The van der Waals surface area contributed by atoms with Crippen molar-refractivity contribution in [3.8, 4) is 0 Å². The predicted molar refractivity (Wildman–Crippen MR) is 48.1 cm³/mol. The topological polar surface area (TPSA) is 35.5 Å². The van der Waals surface area contributed by atoms with E-state index in [1.807, 2.05) is 0 Å². The van der Waals surface area contributed by atoms with Crippen LogP contribution in [0.1, 0.15) is 19.8 Å². The van der Waals surface area contributed by atoms with Crippen LogP contribution in [0, 0.1) is 0 Å². The lowest BCUT2D eigenvalue weighted by Crippen LogP contribution is -2.44. The van der Waals surface area contributed by atoms with Crippen LogP contribution < -0.4 is 5.32 Å². The summed E-state index contributed by atoms with van der Waals surface area (Å²) < 4.78 is 0. The first-order chi connectivity index (χ1) is 5.79. The fraction of sp³-hybridized carbons (Fsp3) is 1.00. The van der Waals surface area contributed by atoms with Gasteiger partial charge in [0, 0.05) is 25.2 Å². The van der Waals surface area contributed by atoms with Crippen molar-refractivity contribution >= 4 is 0 Å². The van der Waals surface area contributed by atoms with Gasteiger partial charge in [-0.25, -0.2) is 0 Å². The van der Waals surface area contributed by atoms with Crippen molar-refractivity contribution in [3.63, 3.8) is 0 Å². The molecule has 2 rings (SSSR count). The lowest BCUT2D eigenvalue weighted by Gasteiger charge is -2.29. The largest absolute Gasteiger partial charge is 0.390 e. The van der Waals surface area contributed by atoms with Gasteiger partial charge in [0.05, 0.1) is 6.10 Å². The first-order valence-electron chi connectivity index (χ1n) is 4.93. The standard InChI is InChI=1S/C9H18N2O/c1-7-3-2-4-11(7)8-5-10-6-9(8)12/h7-10,12H,2-6H2,1H3. The Kier molecular flexibility index (Phi) is 2.35. The van der Waals surface area contributed by atoms with E-state index in [-0.39, 0.29) is 6.10 Å². The summed E-state index contributed by atoms with van der Waals surface area (Å²) in [7, 11) is 0. The van der Waals surface area contributed by atoms with Crippen LogP contribution in [-0.4, -0.2) is 47.8 Å². The maximum atomic E-state index is 9.66. The van der Waals surface area contributed by atoms with E-state index in [0.717, 1.165) is 13.1 Å². The molecule has 2 heterocycles. The first-order valence-corrected chi connectivity index (χ1v) is 4.93. The van der Waals surface area contributed by atoms with Crippen molar-refractivity contribution in [1.29, 1.82) is 0 Å². The summed E-state index contributed by atoms with van der Waals surface area (Å²) >= 11 is 0. The molecule has 0 aromatic rings. The van der Waals surface area contributed by atoms with Crippen LogP contribution in [0.4, 0.5) is 0 Å². The molecule has 0 amide bonds. The molecule has 2 aliphatic rings. The quantitative estimate of drug-likeness (QED) is 0.572. The van der Waals surface area contributed by atoms with Gasteiger partial charge in [0.1, 0.15) is 0 Å². The smallest absolute Gasteiger partial charge is 0.0831 e. The van der Waals surface area contributed by atoms with Gasteiger partial charge in [-0.2, -0.15) is 0 Å². The molecule has 2 aliphatic heterocycles. The zero-order valence-electron chi connectivity index (χ0n) is 7.66. The van der Waals surface area contributed by atoms with Gasteiger partial charge in [-0.15, -0.1) is 0 Å². The number of hydrogen-bond donors (Lipinski definition) is 2. The Morgan fingerprint density at radius 3 is 2.75 bits per heavy atom. The van der Waals surface area contributed by atoms with Crippen molar-refractivity contribution in [3.05, 3.63) is 0 Å². The van der Waals surface area contributed by atoms with Gasteiger partial charge in [0.25, 0.3) is 0 Å². The van der Waals surface area contributed by atoms with E-state index in [9.17, 15) is 5.11 Å². The molecular weight excluding hydrogens is 152 g/mol. The van der Waals surface area contributed by atoms with Crippen molar-refractivity contribution < 1.29 is 5.11 Å². The summed E-state index contributed by atoms with van der Waals surface area (Å²) in [4.78, 5) is 2.45. The maximum Gasteiger partial charge on any atom is 0.0831 e. The molecule has 3 nitrogen and oxygen atoms in total. The van der Waals surface area contributed by atoms with Crippen molar-refractivity contribution in [2.24, 2.45) is 0 Å². The minimum Gasteiger partial charge on any atom is -0.390 e. The molecule has 2 N–H and O–H groups in total. The number of rotatable bonds is 1. The van der Waals surface area contributed by atoms with Crippen LogP contribution >= 0.6 is 0 Å². The molecule has 3 atom stereocenters. The summed E-state index contributed by atoms with van der Waals surface area (Å²) in [6, 6.07) is 1.05. The molecule has 70 valence electrons. The van der Waals surface area contributed by atoms with Gasteiger partial charge in [-0.1, -0.05) is 0 Å². The summed E-state index contributed by atoms with van der Waals surface area (Å²) in [6.07, 6.45) is 2.44. The van der Waals surface area contributed by atoms with E-state index >= 15 is 0 Å². The van der Waals surface area contributed by atoms with Gasteiger partial charge in [0.15, 0.2) is 0 Å². The summed E-state index contributed by atoms with van der Waals surface area (Å²) in [5, 5.41) is 12.9. The van der Waals surface area contributed by atoms with E-state index in [1.54, 1.807) is 0 Å². The zero-order valence-corrected chi connectivity index (χ0v) is 7.66. The first kappa shape index (κ1) is 8.48. The fourth-order valence-corrected chi connectivity index (χ4v) is 2.44. The average Bonchev–Trinajstić information content (AvgIpc) is 2.59. The minimum atomic E-state index is -0.148. The second-order valence-electron chi connectivity index (χ2n) is 4.02. The van der Waals surface area contributed by atoms with Gasteiger partial charge < -0.3 is 10.4 Å². The van der Waals surface area contributed by atoms with Crippen LogP contribution in [0.15, 0.2) is 0 Å². The van der Waals surface area contributed by atoms with Crippen LogP contribution in [0.5, 0.6) is 0 Å². The molecule has 0 aromatic heterocycles. The van der Waals surface area contributed by atoms with E-state index in [0.29, 0.717) is 12.1 Å². The van der Waals surface area contributed by atoms with Gasteiger partial charge in [-0.05, 0) is 26.3 Å². The van der Waals surface area contributed by atoms with Gasteiger partial charge in [-0.3, -0.25) is 4.90 Å². The number of β-amino-alcohol motifs (C(OH)–C–C–N with tert-alkyl or cyclic N) is 1. The molecule has 0 saturated carbocycles. The third-order valence-corrected chi connectivity index (χ3v) is 3.18. The third kappa shape index (κ3) is 1.37. The highest BCUT2D eigenvalue weighted by Gasteiger charge is 2.34. The van der Waals surface area contributed by atoms with Crippen molar-refractivity contribution in [2.75, 3.05) is 19.6 Å². The van der Waals surface area contributed by atoms with Gasteiger partial charge >= 0.3 is 0 Å². The van der Waals surface area contributed by atoms with E-state index < -0.39 is 0 Å². The highest BCUT2D eigenvalue weighted by atomic mass is 16.3. The molecule has 0 aliphatic carbocycles. The Labute approximate surface area is 73.8 Å². The Hall–Kier alpha value is -0.120. The number of hydrogen-bond acceptors (Lipinski definition) is 3. The molecule has 0 spiro atoms. The normalized spacial score (nSPS) is 44.0. The monoisotopic (exact) mass is 170 g/mol. The van der Waals surface area contributed by atoms with Crippen molar-refractivity contribution in [2.45, 2.75) is 38.0 Å². The Morgan fingerprint density at radius 2 is 2.25 bits per heavy atom. The van der Waals surface area contributed by atoms with E-state index in [1.165, 1.54) is 19.4 Å². The summed E-state index contributed by atoms with van der Waals surface area (Å²) in [6.45, 7) is 5.17. The Bertz CT molecular complexity index is 145. The maximum absolute atomic E-state index is 9.66. The minimum absolute atomic E-state index is 0.148. The predicted octanol–water partition coefficient (Wildman–Crippen LogP) is -0.197. The number of nitrogens with one attached hydrogen (secondary N) is 1. The average molecular weight is 170 g/mol. The van der Waals surface area contributed by atoms with E-state index in [4.69, 9.17) is 0 Å². The highest BCUT2D eigenvalue weighted by molar-refractivity contribution is 4.92. The summed E-state index contributed by atoms with van der Waals surface area (Å²) in [5.74, 6) is 0. The molecule has 0 radical (unpaired) electrons. The lowest BCUT2D eigenvalue weighted by atomic mass is 10.1. The zero-order chi connectivity index (χ0) is 8.55. The van der Waals surface area contributed by atoms with Gasteiger partial charge in [0.2, 0.25) is 0 Å². The SMILES string of the molecule is CC1CCCN1C1CNCC1O. The second-order valence-corrected chi connectivity index (χ2v) is 4.02. The summed E-state index contributed by atoms with van der Waals surface area (Å²) in [5.41, 5.74) is 0. The molecule has 3 unspecified atom stereocenters. The Balaban J connectivity index is 1.98.